The molecule has 3 nitrogen and oxygen atoms in total. The smallest absolute Gasteiger partial charge is 0.355 e. The summed E-state index contributed by atoms with van der Waals surface area (Å²) in [4.78, 5) is 14.6. The molecule has 0 unspecified atom stereocenters. The predicted molar refractivity (Wildman–Crippen MR) is 58.9 cm³/mol. The molecule has 2 aromatic rings. The second-order valence-corrected chi connectivity index (χ2v) is 3.72. The van der Waals surface area contributed by atoms with Crippen LogP contribution in [0, 0.1) is 0 Å². The van der Waals surface area contributed by atoms with Crippen molar-refractivity contribution >= 4 is 16.9 Å². The Morgan fingerprint density at radius 2 is 2.07 bits per heavy atom. The van der Waals surface area contributed by atoms with Crippen molar-refractivity contribution in [3.8, 4) is 0 Å². The summed E-state index contributed by atoms with van der Waals surface area (Å²) in [5, 5.41) is 1.02. The first-order valence-electron chi connectivity index (χ1n) is 4.95. The Hall–Kier alpha value is -1.77. The third kappa shape index (κ3) is 2.01. The fourth-order valence-electron chi connectivity index (χ4n) is 1.46. The molecule has 0 bridgehead atoms. The number of aromatic amines is 1. The molecule has 0 saturated carbocycles. The average molecular weight is 203 g/mol. The minimum atomic E-state index is -0.304. The lowest BCUT2D eigenvalue weighted by Crippen LogP contribution is -2.11. The second-order valence-electron chi connectivity index (χ2n) is 3.72. The molecule has 0 amide bonds. The van der Waals surface area contributed by atoms with Gasteiger partial charge in [0.1, 0.15) is 5.69 Å². The first kappa shape index (κ1) is 9.77. The number of carbonyl (C=O) groups excluding carboxylic acids is 1. The van der Waals surface area contributed by atoms with Crippen molar-refractivity contribution < 1.29 is 9.53 Å². The Kier molecular flexibility index (Phi) is 2.46. The molecule has 0 aliphatic carbocycles. The second kappa shape index (κ2) is 3.77. The van der Waals surface area contributed by atoms with Crippen LogP contribution in [0.2, 0.25) is 0 Å². The average Bonchev–Trinajstić information content (AvgIpc) is 2.59. The molecule has 2 rings (SSSR count). The highest BCUT2D eigenvalue weighted by molar-refractivity contribution is 5.94. The van der Waals surface area contributed by atoms with E-state index in [1.807, 2.05) is 38.1 Å². The first-order valence-corrected chi connectivity index (χ1v) is 4.95. The van der Waals surface area contributed by atoms with Gasteiger partial charge in [0.05, 0.1) is 6.10 Å². The highest BCUT2D eigenvalue weighted by atomic mass is 16.5. The van der Waals surface area contributed by atoms with Crippen molar-refractivity contribution in [2.75, 3.05) is 0 Å². The summed E-state index contributed by atoms with van der Waals surface area (Å²) in [5.74, 6) is -0.304. The van der Waals surface area contributed by atoms with Crippen molar-refractivity contribution in [1.82, 2.24) is 4.98 Å². The van der Waals surface area contributed by atoms with Crippen molar-refractivity contribution in [3.05, 3.63) is 36.0 Å². The van der Waals surface area contributed by atoms with E-state index in [4.69, 9.17) is 4.74 Å². The number of ether oxygens (including phenoxy) is 1. The van der Waals surface area contributed by atoms with E-state index in [-0.39, 0.29) is 12.1 Å². The highest BCUT2D eigenvalue weighted by Gasteiger charge is 2.11. The van der Waals surface area contributed by atoms with Crippen LogP contribution in [0.15, 0.2) is 30.3 Å². The minimum absolute atomic E-state index is 0.0936. The maximum absolute atomic E-state index is 11.6. The van der Waals surface area contributed by atoms with E-state index < -0.39 is 0 Å². The van der Waals surface area contributed by atoms with Crippen LogP contribution in [0.5, 0.6) is 0 Å². The van der Waals surface area contributed by atoms with Crippen LogP contribution in [0.25, 0.3) is 10.9 Å². The molecule has 0 aliphatic heterocycles. The van der Waals surface area contributed by atoms with Crippen LogP contribution in [0.1, 0.15) is 24.3 Å². The van der Waals surface area contributed by atoms with Crippen LogP contribution >= 0.6 is 0 Å². The van der Waals surface area contributed by atoms with Crippen LogP contribution in [0.3, 0.4) is 0 Å². The largest absolute Gasteiger partial charge is 0.458 e. The van der Waals surface area contributed by atoms with E-state index in [2.05, 4.69) is 4.98 Å². The van der Waals surface area contributed by atoms with Gasteiger partial charge in [0, 0.05) is 10.9 Å². The lowest BCUT2D eigenvalue weighted by molar-refractivity contribution is 0.0372. The number of carbonyl (C=O) groups is 1. The number of hydrogen-bond acceptors (Lipinski definition) is 2. The quantitative estimate of drug-likeness (QED) is 0.762. The van der Waals surface area contributed by atoms with E-state index in [0.29, 0.717) is 5.69 Å². The number of benzene rings is 1. The molecule has 0 aliphatic rings. The minimum Gasteiger partial charge on any atom is -0.458 e. The number of para-hydroxylation sites is 1. The molecule has 1 aromatic carbocycles. The summed E-state index contributed by atoms with van der Waals surface area (Å²) < 4.78 is 5.10. The van der Waals surface area contributed by atoms with Crippen molar-refractivity contribution in [2.45, 2.75) is 20.0 Å². The molecule has 1 heterocycles. The molecule has 0 atom stereocenters. The summed E-state index contributed by atoms with van der Waals surface area (Å²) in [6.45, 7) is 3.67. The van der Waals surface area contributed by atoms with E-state index in [1.54, 1.807) is 6.07 Å². The summed E-state index contributed by atoms with van der Waals surface area (Å²) in [6, 6.07) is 9.56. The van der Waals surface area contributed by atoms with E-state index >= 15 is 0 Å². The molecule has 3 heteroatoms. The number of aromatic nitrogens is 1. The fourth-order valence-corrected chi connectivity index (χ4v) is 1.46. The summed E-state index contributed by atoms with van der Waals surface area (Å²) in [5.41, 5.74) is 1.46. The number of hydrogen-bond donors (Lipinski definition) is 1. The Bertz CT molecular complexity index is 452. The molecule has 0 spiro atoms. The number of H-pyrrole nitrogens is 1. The van der Waals surface area contributed by atoms with Gasteiger partial charge >= 0.3 is 5.97 Å². The van der Waals surface area contributed by atoms with Gasteiger partial charge in [0.15, 0.2) is 0 Å². The molecular formula is C12H13NO2. The lowest BCUT2D eigenvalue weighted by atomic mass is 10.2. The number of rotatable bonds is 2. The summed E-state index contributed by atoms with van der Waals surface area (Å²) in [6.07, 6.45) is -0.0936. The van der Waals surface area contributed by atoms with Crippen molar-refractivity contribution in [1.29, 1.82) is 0 Å². The first-order chi connectivity index (χ1) is 7.16. The van der Waals surface area contributed by atoms with Gasteiger partial charge in [-0.25, -0.2) is 4.79 Å². The van der Waals surface area contributed by atoms with Gasteiger partial charge in [-0.05, 0) is 26.0 Å². The van der Waals surface area contributed by atoms with Gasteiger partial charge in [0.2, 0.25) is 0 Å². The van der Waals surface area contributed by atoms with Gasteiger partial charge in [-0.3, -0.25) is 0 Å². The number of fused-ring (bicyclic) bond motifs is 1. The van der Waals surface area contributed by atoms with Gasteiger partial charge in [-0.2, -0.15) is 0 Å². The zero-order valence-corrected chi connectivity index (χ0v) is 8.78. The predicted octanol–water partition coefficient (Wildman–Crippen LogP) is 2.73. The van der Waals surface area contributed by atoms with Crippen molar-refractivity contribution in [3.63, 3.8) is 0 Å². The van der Waals surface area contributed by atoms with Gasteiger partial charge in [-0.15, -0.1) is 0 Å². The summed E-state index contributed by atoms with van der Waals surface area (Å²) in [7, 11) is 0. The third-order valence-electron chi connectivity index (χ3n) is 2.09. The summed E-state index contributed by atoms with van der Waals surface area (Å²) >= 11 is 0. The van der Waals surface area contributed by atoms with Crippen LogP contribution in [-0.4, -0.2) is 17.1 Å². The molecule has 0 radical (unpaired) electrons. The SMILES string of the molecule is CC(C)OC(=O)c1cc2ccccc2[nH]1. The molecular weight excluding hydrogens is 190 g/mol. The molecule has 1 N–H and O–H groups in total. The zero-order chi connectivity index (χ0) is 10.8. The van der Waals surface area contributed by atoms with Crippen LogP contribution in [-0.2, 0) is 4.74 Å². The Morgan fingerprint density at radius 1 is 1.33 bits per heavy atom. The topological polar surface area (TPSA) is 42.1 Å². The molecule has 15 heavy (non-hydrogen) atoms. The number of nitrogens with one attached hydrogen (secondary N) is 1. The fraction of sp³-hybridized carbons (Fsp3) is 0.250. The number of esters is 1. The molecule has 0 fully saturated rings. The maximum atomic E-state index is 11.6. The zero-order valence-electron chi connectivity index (χ0n) is 8.78. The molecule has 0 saturated heterocycles. The van der Waals surface area contributed by atoms with Crippen molar-refractivity contribution in [2.24, 2.45) is 0 Å². The van der Waals surface area contributed by atoms with E-state index in [0.717, 1.165) is 10.9 Å². The highest BCUT2D eigenvalue weighted by Crippen LogP contribution is 2.15. The van der Waals surface area contributed by atoms with E-state index in [9.17, 15) is 4.79 Å². The van der Waals surface area contributed by atoms with Crippen LogP contribution < -0.4 is 0 Å². The Morgan fingerprint density at radius 3 is 2.73 bits per heavy atom. The molecule has 1 aromatic heterocycles. The van der Waals surface area contributed by atoms with Crippen LogP contribution in [0.4, 0.5) is 0 Å². The Labute approximate surface area is 88.1 Å². The van der Waals surface area contributed by atoms with Gasteiger partial charge < -0.3 is 9.72 Å². The normalized spacial score (nSPS) is 10.9. The van der Waals surface area contributed by atoms with Gasteiger partial charge in [0.25, 0.3) is 0 Å². The maximum Gasteiger partial charge on any atom is 0.355 e. The lowest BCUT2D eigenvalue weighted by Gasteiger charge is -2.05. The van der Waals surface area contributed by atoms with Gasteiger partial charge in [-0.1, -0.05) is 18.2 Å². The molecule has 78 valence electrons. The third-order valence-corrected chi connectivity index (χ3v) is 2.09. The van der Waals surface area contributed by atoms with E-state index in [1.165, 1.54) is 0 Å². The standard InChI is InChI=1S/C12H13NO2/c1-8(2)15-12(14)11-7-9-5-3-4-6-10(9)13-11/h3-8,13H,1-2H3. The monoisotopic (exact) mass is 203 g/mol. The Balaban J connectivity index is 2.32.